The number of aromatic nitrogens is 1. The van der Waals surface area contributed by atoms with Crippen molar-refractivity contribution in [1.82, 2.24) is 8.28 Å². The van der Waals surface area contributed by atoms with Crippen LogP contribution in [0.15, 0.2) is 112 Å². The molecule has 6 rings (SSSR count). The van der Waals surface area contributed by atoms with Crippen LogP contribution in [0.2, 0.25) is 0 Å². The summed E-state index contributed by atoms with van der Waals surface area (Å²) in [5, 5.41) is 0.588. The monoisotopic (exact) mass is 652 g/mol. The first-order valence-electron chi connectivity index (χ1n) is 13.0. The number of aryl methyl sites for hydroxylation is 2. The van der Waals surface area contributed by atoms with Gasteiger partial charge in [0.15, 0.2) is 0 Å². The second kappa shape index (κ2) is 10.8. The van der Waals surface area contributed by atoms with Crippen LogP contribution in [-0.2, 0) is 38.5 Å². The van der Waals surface area contributed by atoms with Crippen molar-refractivity contribution >= 4 is 39.5 Å². The molecule has 5 aromatic rings. The van der Waals surface area contributed by atoms with E-state index in [-0.39, 0.29) is 37.8 Å². The number of hydrogen-bond acceptors (Lipinski definition) is 5. The van der Waals surface area contributed by atoms with Gasteiger partial charge < -0.3 is 0 Å². The van der Waals surface area contributed by atoms with Crippen molar-refractivity contribution in [2.24, 2.45) is 0 Å². The van der Waals surface area contributed by atoms with Crippen molar-refractivity contribution in [1.29, 1.82) is 0 Å². The second-order valence-electron chi connectivity index (χ2n) is 10.1. The molecule has 0 amide bonds. The van der Waals surface area contributed by atoms with Crippen LogP contribution in [0.1, 0.15) is 27.8 Å². The average Bonchev–Trinajstić information content (AvgIpc) is 3.53. The predicted molar refractivity (Wildman–Crippen MR) is 159 cm³/mol. The van der Waals surface area contributed by atoms with Gasteiger partial charge >= 0.3 is 248 Å². The molecule has 41 heavy (non-hydrogen) atoms. The molecule has 1 aliphatic rings. The van der Waals surface area contributed by atoms with E-state index in [9.17, 15) is 16.8 Å². The summed E-state index contributed by atoms with van der Waals surface area (Å²) < 4.78 is 65.8. The Morgan fingerprint density at radius 3 is 2.00 bits per heavy atom. The minimum atomic E-state index is -4.01. The fourth-order valence-corrected chi connectivity index (χ4v) is 9.64. The van der Waals surface area contributed by atoms with Crippen LogP contribution in [-0.4, -0.2) is 40.1 Å². The minimum absolute atomic E-state index is 0.00616. The Kier molecular flexibility index (Phi) is 7.30. The van der Waals surface area contributed by atoms with E-state index in [0.717, 1.165) is 16.7 Å². The van der Waals surface area contributed by atoms with Gasteiger partial charge in [0, 0.05) is 0 Å². The average molecular weight is 652 g/mol. The molecule has 0 bridgehead atoms. The fourth-order valence-electron chi connectivity index (χ4n) is 4.92. The Balaban J connectivity index is 1.53. The van der Waals surface area contributed by atoms with E-state index in [4.69, 9.17) is 4.42 Å². The maximum absolute atomic E-state index is 14.1. The van der Waals surface area contributed by atoms with Crippen molar-refractivity contribution in [2.75, 3.05) is 0 Å². The molecule has 2 aromatic heterocycles. The molecule has 0 saturated heterocycles. The van der Waals surface area contributed by atoms with Gasteiger partial charge in [-0.25, -0.2) is 0 Å². The summed E-state index contributed by atoms with van der Waals surface area (Å²) in [6, 6.07) is 25.2. The number of hydrogen-bond donors (Lipinski definition) is 0. The summed E-state index contributed by atoms with van der Waals surface area (Å²) in [5.74, 6) is 0.371. The predicted octanol–water partition coefficient (Wildman–Crippen LogP) is 4.84. The van der Waals surface area contributed by atoms with Gasteiger partial charge in [-0.3, -0.25) is 0 Å². The quantitative estimate of drug-likeness (QED) is 0.235. The van der Waals surface area contributed by atoms with Crippen molar-refractivity contribution in [3.63, 3.8) is 0 Å². The van der Waals surface area contributed by atoms with E-state index in [1.165, 1.54) is 19.0 Å². The van der Waals surface area contributed by atoms with Crippen LogP contribution < -0.4 is 4.46 Å². The molecule has 0 atom stereocenters. The van der Waals surface area contributed by atoms with E-state index in [2.05, 4.69) is 12.1 Å². The first-order valence-corrected chi connectivity index (χ1v) is 18.0. The topological polar surface area (TPSA) is 89.6 Å². The molecular weight excluding hydrogens is 623 g/mol. The normalized spacial score (nSPS) is 13.9. The molecule has 3 aromatic carbocycles. The molecular formula is C31H28N2O5S2Se. The van der Waals surface area contributed by atoms with Gasteiger partial charge in [0.2, 0.25) is 0 Å². The van der Waals surface area contributed by atoms with Crippen molar-refractivity contribution < 1.29 is 21.3 Å². The van der Waals surface area contributed by atoms with Crippen LogP contribution in [0.25, 0.3) is 11.5 Å². The summed E-state index contributed by atoms with van der Waals surface area (Å²) in [7, 11) is -7.90. The molecule has 0 aliphatic carbocycles. The van der Waals surface area contributed by atoms with Gasteiger partial charge in [0.05, 0.1) is 0 Å². The van der Waals surface area contributed by atoms with Crippen molar-refractivity contribution in [2.45, 2.75) is 42.0 Å². The number of sulfonamides is 1. The van der Waals surface area contributed by atoms with E-state index < -0.39 is 20.0 Å². The summed E-state index contributed by atoms with van der Waals surface area (Å²) >= 11 is -0.00616. The van der Waals surface area contributed by atoms with Gasteiger partial charge in [-0.05, 0) is 0 Å². The van der Waals surface area contributed by atoms with Crippen molar-refractivity contribution in [3.8, 4) is 11.5 Å². The van der Waals surface area contributed by atoms with Crippen molar-refractivity contribution in [3.05, 3.63) is 125 Å². The van der Waals surface area contributed by atoms with Crippen LogP contribution in [0.3, 0.4) is 0 Å². The van der Waals surface area contributed by atoms with Crippen LogP contribution in [0.4, 0.5) is 0 Å². The van der Waals surface area contributed by atoms with Crippen LogP contribution >= 0.6 is 0 Å². The van der Waals surface area contributed by atoms with Gasteiger partial charge in [0.1, 0.15) is 0 Å². The molecule has 0 spiro atoms. The standard InChI is InChI=1S/C31H28N2O5S2Se/c1-22-8-12-26(13-9-22)39(34,35)32-18-24-16-17-38-31(24)30-29(20-32)25(21-41-28-6-4-3-5-7-28)19-33(30)40(36,37)27-14-10-23(2)11-15-27/h3-17,19H,18,20-21H2,1-2H3. The molecule has 0 N–H and O–H groups in total. The Morgan fingerprint density at radius 1 is 0.756 bits per heavy atom. The van der Waals surface area contributed by atoms with E-state index in [1.54, 1.807) is 60.8 Å². The SMILES string of the molecule is Cc1ccc(S(=O)(=O)N2Cc3ccoc3-c3c(c(C[Se]c4ccccc4)cn3S(=O)(=O)c3ccc(C)cc3)C2)cc1. The third-order valence-corrected chi connectivity index (χ3v) is 12.9. The first kappa shape index (κ1) is 27.8. The van der Waals surface area contributed by atoms with Crippen LogP contribution in [0, 0.1) is 13.8 Å². The molecule has 3 heterocycles. The molecule has 0 saturated carbocycles. The summed E-state index contributed by atoms with van der Waals surface area (Å²) in [6.07, 6.45) is 3.14. The second-order valence-corrected chi connectivity index (χ2v) is 16.0. The van der Waals surface area contributed by atoms with E-state index in [1.807, 2.05) is 32.0 Å². The Hall–Kier alpha value is -3.40. The zero-order chi connectivity index (χ0) is 28.8. The molecule has 10 heteroatoms. The molecule has 0 radical (unpaired) electrons. The van der Waals surface area contributed by atoms with E-state index >= 15 is 0 Å². The third kappa shape index (κ3) is 5.22. The number of nitrogens with zero attached hydrogens (tertiary/aromatic N) is 2. The third-order valence-electron chi connectivity index (χ3n) is 7.18. The molecule has 1 aliphatic heterocycles. The number of furan rings is 1. The van der Waals surface area contributed by atoms with E-state index in [0.29, 0.717) is 27.9 Å². The first-order chi connectivity index (χ1) is 19.6. The fraction of sp³-hybridized carbons (Fsp3) is 0.161. The molecule has 0 fully saturated rings. The van der Waals surface area contributed by atoms with Gasteiger partial charge in [-0.2, -0.15) is 0 Å². The van der Waals surface area contributed by atoms with Crippen LogP contribution in [0.5, 0.6) is 0 Å². The Labute approximate surface area is 246 Å². The Morgan fingerprint density at radius 2 is 1.37 bits per heavy atom. The number of benzene rings is 3. The zero-order valence-electron chi connectivity index (χ0n) is 22.5. The maximum atomic E-state index is 14.1. The van der Waals surface area contributed by atoms with Gasteiger partial charge in [-0.1, -0.05) is 0 Å². The molecule has 7 nitrogen and oxygen atoms in total. The summed E-state index contributed by atoms with van der Waals surface area (Å²) in [4.78, 5) is 0.348. The molecule has 0 unspecified atom stereocenters. The summed E-state index contributed by atoms with van der Waals surface area (Å²) in [6.45, 7) is 3.89. The Bertz CT molecular complexity index is 1930. The zero-order valence-corrected chi connectivity index (χ0v) is 25.9. The molecule has 210 valence electrons. The van der Waals surface area contributed by atoms with Gasteiger partial charge in [-0.15, -0.1) is 0 Å². The summed E-state index contributed by atoms with van der Waals surface area (Å²) in [5.41, 5.74) is 4.33. The number of fused-ring (bicyclic) bond motifs is 3. The van der Waals surface area contributed by atoms with Gasteiger partial charge in [0.25, 0.3) is 0 Å². The number of rotatable bonds is 7.